The summed E-state index contributed by atoms with van der Waals surface area (Å²) in [6.45, 7) is 6.80. The Labute approximate surface area is 117 Å². The van der Waals surface area contributed by atoms with Crippen molar-refractivity contribution in [2.24, 2.45) is 0 Å². The van der Waals surface area contributed by atoms with Crippen molar-refractivity contribution in [3.05, 3.63) is 15.1 Å². The summed E-state index contributed by atoms with van der Waals surface area (Å²) < 4.78 is 6.66. The molecule has 0 aliphatic heterocycles. The van der Waals surface area contributed by atoms with Gasteiger partial charge in [0, 0.05) is 13.7 Å². The highest BCUT2D eigenvalue weighted by Crippen LogP contribution is 2.23. The average Bonchev–Trinajstić information content (AvgIpc) is 2.32. The molecule has 1 N–H and O–H groups in total. The van der Waals surface area contributed by atoms with E-state index in [1.165, 1.54) is 0 Å². The molecule has 1 aromatic rings. The van der Waals surface area contributed by atoms with Gasteiger partial charge in [-0.25, -0.2) is 9.97 Å². The summed E-state index contributed by atoms with van der Waals surface area (Å²) >= 11 is 2.30. The van der Waals surface area contributed by atoms with E-state index in [0.717, 1.165) is 33.7 Å². The number of rotatable bonds is 6. The predicted octanol–water partition coefficient (Wildman–Crippen LogP) is 3.17. The van der Waals surface area contributed by atoms with Crippen LogP contribution in [0.2, 0.25) is 0 Å². The molecule has 0 aliphatic rings. The molecule has 0 spiro atoms. The van der Waals surface area contributed by atoms with Gasteiger partial charge in [0.1, 0.15) is 11.9 Å². The van der Waals surface area contributed by atoms with Crippen molar-refractivity contribution in [2.45, 2.75) is 39.7 Å². The molecule has 1 unspecified atom stereocenters. The molecule has 0 aliphatic carbocycles. The molecular formula is C12H20IN3O. The third-order valence-electron chi connectivity index (χ3n) is 2.44. The van der Waals surface area contributed by atoms with Crippen molar-refractivity contribution in [3.8, 4) is 0 Å². The van der Waals surface area contributed by atoms with Gasteiger partial charge < -0.3 is 10.1 Å². The van der Waals surface area contributed by atoms with Gasteiger partial charge in [-0.3, -0.25) is 0 Å². The summed E-state index contributed by atoms with van der Waals surface area (Å²) in [5.74, 6) is 1.66. The second-order valence-corrected chi connectivity index (χ2v) is 4.87. The van der Waals surface area contributed by atoms with E-state index in [-0.39, 0.29) is 6.10 Å². The molecule has 1 atom stereocenters. The van der Waals surface area contributed by atoms with Gasteiger partial charge in [-0.2, -0.15) is 0 Å². The minimum Gasteiger partial charge on any atom is -0.372 e. The Morgan fingerprint density at radius 1 is 1.35 bits per heavy atom. The first-order valence-electron chi connectivity index (χ1n) is 5.99. The van der Waals surface area contributed by atoms with Crippen LogP contribution in [0.25, 0.3) is 0 Å². The van der Waals surface area contributed by atoms with Crippen LogP contribution in [0.3, 0.4) is 0 Å². The lowest BCUT2D eigenvalue weighted by atomic mass is 10.2. The van der Waals surface area contributed by atoms with Crippen molar-refractivity contribution in [2.75, 3.05) is 19.0 Å². The zero-order valence-corrected chi connectivity index (χ0v) is 13.0. The fourth-order valence-electron chi connectivity index (χ4n) is 1.59. The molecule has 1 heterocycles. The molecule has 1 rings (SSSR count). The van der Waals surface area contributed by atoms with Crippen LogP contribution in [-0.4, -0.2) is 23.6 Å². The summed E-state index contributed by atoms with van der Waals surface area (Å²) in [4.78, 5) is 9.10. The van der Waals surface area contributed by atoms with Crippen LogP contribution in [-0.2, 0) is 11.2 Å². The number of halogens is 1. The fourth-order valence-corrected chi connectivity index (χ4v) is 2.37. The topological polar surface area (TPSA) is 47.0 Å². The Kier molecular flexibility index (Phi) is 6.11. The SMILES string of the molecule is CCCc1nc(C(C)OCC)nc(NC)c1I. The van der Waals surface area contributed by atoms with Gasteiger partial charge in [0.25, 0.3) is 0 Å². The van der Waals surface area contributed by atoms with Crippen molar-refractivity contribution in [3.63, 3.8) is 0 Å². The quantitative estimate of drug-likeness (QED) is 0.802. The molecule has 4 nitrogen and oxygen atoms in total. The van der Waals surface area contributed by atoms with E-state index in [2.05, 4.69) is 44.8 Å². The zero-order valence-electron chi connectivity index (χ0n) is 10.9. The number of nitrogens with one attached hydrogen (secondary N) is 1. The van der Waals surface area contributed by atoms with Crippen LogP contribution >= 0.6 is 22.6 Å². The van der Waals surface area contributed by atoms with Gasteiger partial charge in [0.15, 0.2) is 5.82 Å². The van der Waals surface area contributed by atoms with Gasteiger partial charge in [0.05, 0.1) is 9.26 Å². The Balaban J connectivity index is 3.10. The number of aryl methyl sites for hydroxylation is 1. The number of hydrogen-bond acceptors (Lipinski definition) is 4. The second kappa shape index (κ2) is 7.10. The Morgan fingerprint density at radius 2 is 2.06 bits per heavy atom. The van der Waals surface area contributed by atoms with Crippen LogP contribution in [0.15, 0.2) is 0 Å². The number of nitrogens with zero attached hydrogens (tertiary/aromatic N) is 2. The molecule has 0 saturated carbocycles. The first-order valence-corrected chi connectivity index (χ1v) is 7.07. The van der Waals surface area contributed by atoms with Crippen LogP contribution < -0.4 is 5.32 Å². The maximum Gasteiger partial charge on any atom is 0.159 e. The molecule has 0 radical (unpaired) electrons. The molecule has 5 heteroatoms. The maximum absolute atomic E-state index is 5.55. The summed E-state index contributed by atoms with van der Waals surface area (Å²) in [5.41, 5.74) is 1.11. The second-order valence-electron chi connectivity index (χ2n) is 3.79. The number of aromatic nitrogens is 2. The van der Waals surface area contributed by atoms with E-state index in [4.69, 9.17) is 4.74 Å². The first kappa shape index (κ1) is 14.6. The molecule has 0 saturated heterocycles. The van der Waals surface area contributed by atoms with Gasteiger partial charge in [-0.15, -0.1) is 0 Å². The number of anilines is 1. The lowest BCUT2D eigenvalue weighted by Gasteiger charge is -2.15. The number of ether oxygens (including phenoxy) is 1. The molecule has 96 valence electrons. The lowest BCUT2D eigenvalue weighted by Crippen LogP contribution is -2.11. The molecule has 1 aromatic heterocycles. The largest absolute Gasteiger partial charge is 0.372 e. The third kappa shape index (κ3) is 3.77. The van der Waals surface area contributed by atoms with Crippen LogP contribution in [0.5, 0.6) is 0 Å². The first-order chi connectivity index (χ1) is 8.13. The van der Waals surface area contributed by atoms with Crippen LogP contribution in [0.4, 0.5) is 5.82 Å². The average molecular weight is 349 g/mol. The highest BCUT2D eigenvalue weighted by molar-refractivity contribution is 14.1. The fraction of sp³-hybridized carbons (Fsp3) is 0.667. The Hall–Kier alpha value is -0.430. The normalized spacial score (nSPS) is 12.5. The van der Waals surface area contributed by atoms with Gasteiger partial charge in [-0.1, -0.05) is 13.3 Å². The van der Waals surface area contributed by atoms with E-state index in [1.807, 2.05) is 20.9 Å². The molecule has 0 aromatic carbocycles. The Bertz CT molecular complexity index is 371. The van der Waals surface area contributed by atoms with Crippen LogP contribution in [0.1, 0.15) is 44.8 Å². The highest BCUT2D eigenvalue weighted by Gasteiger charge is 2.15. The van der Waals surface area contributed by atoms with Crippen molar-refractivity contribution in [1.29, 1.82) is 0 Å². The van der Waals surface area contributed by atoms with E-state index < -0.39 is 0 Å². The van der Waals surface area contributed by atoms with Gasteiger partial charge in [-0.05, 0) is 42.9 Å². The maximum atomic E-state index is 5.55. The minimum absolute atomic E-state index is 0.0558. The summed E-state index contributed by atoms with van der Waals surface area (Å²) in [6.07, 6.45) is 2.00. The minimum atomic E-state index is -0.0558. The van der Waals surface area contributed by atoms with Crippen molar-refractivity contribution in [1.82, 2.24) is 9.97 Å². The van der Waals surface area contributed by atoms with E-state index in [1.54, 1.807) is 0 Å². The highest BCUT2D eigenvalue weighted by atomic mass is 127. The van der Waals surface area contributed by atoms with Crippen LogP contribution in [0, 0.1) is 3.57 Å². The van der Waals surface area contributed by atoms with Gasteiger partial charge >= 0.3 is 0 Å². The predicted molar refractivity (Wildman–Crippen MR) is 78.3 cm³/mol. The van der Waals surface area contributed by atoms with E-state index >= 15 is 0 Å². The molecular weight excluding hydrogens is 329 g/mol. The molecule has 17 heavy (non-hydrogen) atoms. The van der Waals surface area contributed by atoms with Gasteiger partial charge in [0.2, 0.25) is 0 Å². The smallest absolute Gasteiger partial charge is 0.159 e. The molecule has 0 amide bonds. The molecule has 0 fully saturated rings. The summed E-state index contributed by atoms with van der Waals surface area (Å²) in [5, 5.41) is 3.12. The van der Waals surface area contributed by atoms with E-state index in [9.17, 15) is 0 Å². The third-order valence-corrected chi connectivity index (χ3v) is 3.57. The van der Waals surface area contributed by atoms with Crippen molar-refractivity contribution < 1.29 is 4.74 Å². The summed E-state index contributed by atoms with van der Waals surface area (Å²) in [7, 11) is 1.88. The Morgan fingerprint density at radius 3 is 2.59 bits per heavy atom. The zero-order chi connectivity index (χ0) is 12.8. The van der Waals surface area contributed by atoms with Crippen molar-refractivity contribution >= 4 is 28.4 Å². The number of hydrogen-bond donors (Lipinski definition) is 1. The van der Waals surface area contributed by atoms with E-state index in [0.29, 0.717) is 6.61 Å². The monoisotopic (exact) mass is 349 g/mol. The lowest BCUT2D eigenvalue weighted by molar-refractivity contribution is 0.0699. The standard InChI is InChI=1S/C12H20IN3O/c1-5-7-9-10(13)12(14-4)16-11(15-9)8(3)17-6-2/h8H,5-7H2,1-4H3,(H,14,15,16). The summed E-state index contributed by atoms with van der Waals surface area (Å²) in [6, 6.07) is 0. The molecule has 0 bridgehead atoms.